The Morgan fingerprint density at radius 1 is 1.06 bits per heavy atom. The Morgan fingerprint density at radius 2 is 1.83 bits per heavy atom. The van der Waals surface area contributed by atoms with E-state index < -0.39 is 5.97 Å². The van der Waals surface area contributed by atoms with Gasteiger partial charge in [0, 0.05) is 29.7 Å². The molecule has 3 aromatic carbocycles. The van der Waals surface area contributed by atoms with Gasteiger partial charge in [0.25, 0.3) is 0 Å². The van der Waals surface area contributed by atoms with Crippen molar-refractivity contribution >= 4 is 34.2 Å². The van der Waals surface area contributed by atoms with E-state index in [4.69, 9.17) is 4.98 Å². The molecule has 2 aromatic heterocycles. The van der Waals surface area contributed by atoms with Crippen LogP contribution in [-0.2, 0) is 13.1 Å². The number of nitrogens with zero attached hydrogens (tertiary/aromatic N) is 5. The van der Waals surface area contributed by atoms with Gasteiger partial charge in [-0.15, -0.1) is 10.2 Å². The molecule has 1 aliphatic rings. The molecule has 8 heteroatoms. The SMILES string of the molecule is Cc1cc(C(C)Nc2cccc(C(=O)O)c2)c2nc(N3Cc4ccccc4C3)n3cnnc3c2c1. The molecule has 174 valence electrons. The predicted molar refractivity (Wildman–Crippen MR) is 135 cm³/mol. The summed E-state index contributed by atoms with van der Waals surface area (Å²) >= 11 is 0. The van der Waals surface area contributed by atoms with E-state index in [9.17, 15) is 9.90 Å². The number of fused-ring (bicyclic) bond motifs is 4. The lowest BCUT2D eigenvalue weighted by Crippen LogP contribution is -2.20. The van der Waals surface area contributed by atoms with Crippen molar-refractivity contribution in [1.82, 2.24) is 19.6 Å². The summed E-state index contributed by atoms with van der Waals surface area (Å²) in [6, 6.07) is 19.4. The molecule has 0 radical (unpaired) electrons. The molecule has 0 amide bonds. The molecule has 0 saturated carbocycles. The van der Waals surface area contributed by atoms with E-state index in [1.54, 1.807) is 24.5 Å². The second-order valence-corrected chi connectivity index (χ2v) is 9.06. The maximum absolute atomic E-state index is 11.4. The highest BCUT2D eigenvalue weighted by atomic mass is 16.4. The molecule has 0 bridgehead atoms. The van der Waals surface area contributed by atoms with Crippen LogP contribution in [0.4, 0.5) is 11.6 Å². The second kappa shape index (κ2) is 8.09. The van der Waals surface area contributed by atoms with Gasteiger partial charge in [-0.1, -0.05) is 36.4 Å². The summed E-state index contributed by atoms with van der Waals surface area (Å²) in [6.07, 6.45) is 1.72. The van der Waals surface area contributed by atoms with E-state index in [-0.39, 0.29) is 11.6 Å². The number of aromatic nitrogens is 4. The second-order valence-electron chi connectivity index (χ2n) is 9.06. The average Bonchev–Trinajstić information content (AvgIpc) is 3.51. The van der Waals surface area contributed by atoms with Gasteiger partial charge in [-0.3, -0.25) is 4.40 Å². The van der Waals surface area contributed by atoms with Crippen LogP contribution in [-0.4, -0.2) is 30.7 Å². The number of anilines is 2. The monoisotopic (exact) mass is 464 g/mol. The van der Waals surface area contributed by atoms with Gasteiger partial charge in [0.1, 0.15) is 6.33 Å². The maximum Gasteiger partial charge on any atom is 0.335 e. The third kappa shape index (κ3) is 3.63. The van der Waals surface area contributed by atoms with E-state index in [1.165, 1.54) is 11.1 Å². The highest BCUT2D eigenvalue weighted by Gasteiger charge is 2.24. The van der Waals surface area contributed by atoms with Crippen LogP contribution in [0.3, 0.4) is 0 Å². The Hall–Kier alpha value is -4.46. The topological polar surface area (TPSA) is 95.6 Å². The van der Waals surface area contributed by atoms with Crippen molar-refractivity contribution in [2.24, 2.45) is 0 Å². The molecule has 1 unspecified atom stereocenters. The lowest BCUT2D eigenvalue weighted by molar-refractivity contribution is 0.0697. The summed E-state index contributed by atoms with van der Waals surface area (Å²) in [5.74, 6) is -0.145. The zero-order valence-corrected chi connectivity index (χ0v) is 19.4. The number of benzene rings is 3. The van der Waals surface area contributed by atoms with Crippen LogP contribution in [0.15, 0.2) is 67.0 Å². The van der Waals surface area contributed by atoms with E-state index >= 15 is 0 Å². The zero-order valence-electron chi connectivity index (χ0n) is 19.4. The third-order valence-corrected chi connectivity index (χ3v) is 6.58. The Kier molecular flexibility index (Phi) is 4.88. The minimum absolute atomic E-state index is 0.122. The first kappa shape index (κ1) is 21.1. The maximum atomic E-state index is 11.4. The van der Waals surface area contributed by atoms with Crippen LogP contribution in [0.1, 0.15) is 45.6 Å². The smallest absolute Gasteiger partial charge is 0.335 e. The first-order valence-electron chi connectivity index (χ1n) is 11.5. The number of aryl methyl sites for hydroxylation is 1. The lowest BCUT2D eigenvalue weighted by atomic mass is 10.0. The van der Waals surface area contributed by atoms with Gasteiger partial charge in [-0.25, -0.2) is 9.78 Å². The number of rotatable bonds is 5. The molecule has 1 aliphatic heterocycles. The summed E-state index contributed by atoms with van der Waals surface area (Å²) in [6.45, 7) is 5.67. The molecule has 5 aromatic rings. The molecule has 0 spiro atoms. The normalized spacial score (nSPS) is 13.8. The van der Waals surface area contributed by atoms with Gasteiger partial charge in [-0.05, 0) is 54.8 Å². The molecule has 35 heavy (non-hydrogen) atoms. The minimum atomic E-state index is -0.950. The quantitative estimate of drug-likeness (QED) is 0.379. The first-order chi connectivity index (χ1) is 17.0. The van der Waals surface area contributed by atoms with Crippen molar-refractivity contribution < 1.29 is 9.90 Å². The number of hydrogen-bond donors (Lipinski definition) is 2. The highest BCUT2D eigenvalue weighted by molar-refractivity contribution is 5.95. The molecular weight excluding hydrogens is 440 g/mol. The fraction of sp³-hybridized carbons (Fsp3) is 0.185. The van der Waals surface area contributed by atoms with Gasteiger partial charge in [0.2, 0.25) is 5.95 Å². The Morgan fingerprint density at radius 3 is 2.57 bits per heavy atom. The lowest BCUT2D eigenvalue weighted by Gasteiger charge is -2.22. The molecular formula is C27H24N6O2. The van der Waals surface area contributed by atoms with E-state index in [0.717, 1.165) is 52.4 Å². The molecule has 8 nitrogen and oxygen atoms in total. The number of carboxylic acids is 1. The van der Waals surface area contributed by atoms with Crippen LogP contribution in [0, 0.1) is 6.92 Å². The number of nitrogens with one attached hydrogen (secondary N) is 1. The van der Waals surface area contributed by atoms with E-state index in [1.807, 2.05) is 10.5 Å². The fourth-order valence-electron chi connectivity index (χ4n) is 4.92. The van der Waals surface area contributed by atoms with Crippen molar-refractivity contribution in [2.45, 2.75) is 33.0 Å². The molecule has 0 saturated heterocycles. The molecule has 3 heterocycles. The molecule has 6 rings (SSSR count). The van der Waals surface area contributed by atoms with Gasteiger partial charge in [0.05, 0.1) is 17.1 Å². The number of carboxylic acid groups (broad SMARTS) is 1. The van der Waals surface area contributed by atoms with Crippen molar-refractivity contribution in [3.05, 3.63) is 94.8 Å². The molecule has 1 atom stereocenters. The van der Waals surface area contributed by atoms with Crippen LogP contribution in [0.25, 0.3) is 16.6 Å². The summed E-state index contributed by atoms with van der Waals surface area (Å²) in [7, 11) is 0. The number of carbonyl (C=O) groups is 1. The molecule has 0 fully saturated rings. The Labute approximate surface area is 201 Å². The van der Waals surface area contributed by atoms with Crippen LogP contribution in [0.5, 0.6) is 0 Å². The molecule has 2 N–H and O–H groups in total. The van der Waals surface area contributed by atoms with Crippen LogP contribution < -0.4 is 10.2 Å². The van der Waals surface area contributed by atoms with Crippen LogP contribution >= 0.6 is 0 Å². The zero-order chi connectivity index (χ0) is 24.1. The van der Waals surface area contributed by atoms with Crippen molar-refractivity contribution in [3.63, 3.8) is 0 Å². The number of aromatic carboxylic acids is 1. The Bertz CT molecular complexity index is 1580. The summed E-state index contributed by atoms with van der Waals surface area (Å²) in [4.78, 5) is 18.8. The fourth-order valence-corrected chi connectivity index (χ4v) is 4.92. The standard InChI is InChI=1S/C27H24N6O2/c1-16-10-22(17(2)29-21-9-5-8-18(12-21)26(34)35)24-23(11-16)25-31-28-15-33(25)27(30-24)32-13-19-6-3-4-7-20(19)14-32/h3-12,15,17,29H,13-14H2,1-2H3,(H,34,35). The first-order valence-corrected chi connectivity index (χ1v) is 11.5. The predicted octanol–water partition coefficient (Wildman–Crippen LogP) is 4.98. The van der Waals surface area contributed by atoms with E-state index in [2.05, 4.69) is 70.7 Å². The average molecular weight is 465 g/mol. The molecule has 0 aliphatic carbocycles. The van der Waals surface area contributed by atoms with Crippen molar-refractivity contribution in [1.29, 1.82) is 0 Å². The van der Waals surface area contributed by atoms with Gasteiger partial charge >= 0.3 is 5.97 Å². The van der Waals surface area contributed by atoms with E-state index in [0.29, 0.717) is 0 Å². The third-order valence-electron chi connectivity index (χ3n) is 6.58. The highest BCUT2D eigenvalue weighted by Crippen LogP contribution is 2.34. The van der Waals surface area contributed by atoms with Gasteiger partial charge in [-0.2, -0.15) is 0 Å². The van der Waals surface area contributed by atoms with Crippen LogP contribution in [0.2, 0.25) is 0 Å². The van der Waals surface area contributed by atoms with Gasteiger partial charge < -0.3 is 15.3 Å². The summed E-state index contributed by atoms with van der Waals surface area (Å²) in [5, 5.41) is 22.4. The van der Waals surface area contributed by atoms with Crippen molar-refractivity contribution in [3.8, 4) is 0 Å². The largest absolute Gasteiger partial charge is 0.478 e. The number of hydrogen-bond acceptors (Lipinski definition) is 6. The van der Waals surface area contributed by atoms with Crippen molar-refractivity contribution in [2.75, 3.05) is 10.2 Å². The summed E-state index contributed by atoms with van der Waals surface area (Å²) in [5.41, 5.74) is 7.32. The van der Waals surface area contributed by atoms with Gasteiger partial charge in [0.15, 0.2) is 5.65 Å². The minimum Gasteiger partial charge on any atom is -0.478 e. The summed E-state index contributed by atoms with van der Waals surface area (Å²) < 4.78 is 1.96. The Balaban J connectivity index is 1.46.